The van der Waals surface area contributed by atoms with Gasteiger partial charge in [-0.15, -0.1) is 12.8 Å². The second kappa shape index (κ2) is 30.0. The Morgan fingerprint density at radius 3 is 1.06 bits per heavy atom. The zero-order valence-electron chi connectivity index (χ0n) is 36.4. The summed E-state index contributed by atoms with van der Waals surface area (Å²) in [5.74, 6) is 8.12. The highest BCUT2D eigenvalue weighted by Crippen LogP contribution is 2.47. The molecule has 0 aliphatic carbocycles. The van der Waals surface area contributed by atoms with Gasteiger partial charge in [0.15, 0.2) is 0 Å². The Morgan fingerprint density at radius 1 is 0.406 bits per heavy atom. The van der Waals surface area contributed by atoms with Gasteiger partial charge in [-0.3, -0.25) is 0 Å². The molecule has 0 amide bonds. The topological polar surface area (TPSA) is 151 Å². The van der Waals surface area contributed by atoms with Crippen molar-refractivity contribution in [1.29, 1.82) is 0 Å². The third-order valence-electron chi connectivity index (χ3n) is 9.40. The van der Waals surface area contributed by atoms with Crippen LogP contribution in [-0.4, -0.2) is 156 Å². The fraction of sp³-hybridized carbons (Fsp3) is 0.440. The van der Waals surface area contributed by atoms with Gasteiger partial charge in [0.1, 0.15) is 49.4 Å². The minimum Gasteiger partial charge on any atom is -0.491 e. The van der Waals surface area contributed by atoms with Crippen molar-refractivity contribution in [3.05, 3.63) is 83.9 Å². The monoisotopic (exact) mass is 884 g/mol. The summed E-state index contributed by atoms with van der Waals surface area (Å²) in [4.78, 5) is 0. The number of aliphatic hydroxyl groups is 2. The van der Waals surface area contributed by atoms with Crippen LogP contribution in [0.1, 0.15) is 11.1 Å². The van der Waals surface area contributed by atoms with Crippen molar-refractivity contribution in [1.82, 2.24) is 0 Å². The first kappa shape index (κ1) is 49.8. The lowest BCUT2D eigenvalue weighted by molar-refractivity contribution is -0.00702. The number of aliphatic hydroxyl groups excluding tert-OH is 2. The molecule has 64 heavy (non-hydrogen) atoms. The Labute approximate surface area is 376 Å². The second-order valence-corrected chi connectivity index (χ2v) is 13.9. The van der Waals surface area contributed by atoms with E-state index in [2.05, 4.69) is 11.8 Å². The zero-order valence-corrected chi connectivity index (χ0v) is 36.4. The predicted octanol–water partition coefficient (Wildman–Crippen LogP) is 5.30. The first-order chi connectivity index (χ1) is 31.6. The molecule has 14 heteroatoms. The number of hydrogen-bond donors (Lipinski definition) is 2. The SMILES string of the molecule is C#Cc1cc(-c2ccc(OCCOCCOCCO)cc2)c2c(c1)-c1cc(C#C)cc(-c3ccc(OCCOCCOCCO)cc3)c1OCCOCCOCCOCCOCCO2. The van der Waals surface area contributed by atoms with E-state index < -0.39 is 0 Å². The Kier molecular flexibility index (Phi) is 23.4. The van der Waals surface area contributed by atoms with E-state index in [0.29, 0.717) is 151 Å². The molecule has 14 nitrogen and oxygen atoms in total. The van der Waals surface area contributed by atoms with Crippen LogP contribution in [0.2, 0.25) is 0 Å². The van der Waals surface area contributed by atoms with E-state index in [1.807, 2.05) is 72.8 Å². The van der Waals surface area contributed by atoms with Crippen LogP contribution in [0.4, 0.5) is 0 Å². The van der Waals surface area contributed by atoms with Crippen molar-refractivity contribution < 1.29 is 67.1 Å². The van der Waals surface area contributed by atoms with Crippen LogP contribution in [0.3, 0.4) is 0 Å². The molecular weight excluding hydrogens is 825 g/mol. The van der Waals surface area contributed by atoms with Gasteiger partial charge in [0, 0.05) is 33.4 Å². The molecule has 5 rings (SSSR count). The van der Waals surface area contributed by atoms with Crippen molar-refractivity contribution in [2.45, 2.75) is 0 Å². The summed E-state index contributed by atoms with van der Waals surface area (Å²) < 4.78 is 70.0. The molecule has 0 aromatic heterocycles. The minimum absolute atomic E-state index is 0.0243. The number of terminal acetylenes is 2. The van der Waals surface area contributed by atoms with Crippen LogP contribution in [-0.2, 0) is 37.9 Å². The fourth-order valence-corrected chi connectivity index (χ4v) is 6.40. The largest absolute Gasteiger partial charge is 0.491 e. The summed E-state index contributed by atoms with van der Waals surface area (Å²) in [5.41, 5.74) is 5.75. The van der Waals surface area contributed by atoms with Crippen LogP contribution < -0.4 is 18.9 Å². The number of rotatable bonds is 20. The summed E-state index contributed by atoms with van der Waals surface area (Å²) in [6, 6.07) is 23.0. The molecule has 0 saturated heterocycles. The Balaban J connectivity index is 1.49. The maximum atomic E-state index is 8.86. The van der Waals surface area contributed by atoms with Crippen LogP contribution in [0, 0.1) is 24.7 Å². The molecule has 4 aromatic rings. The number of ether oxygens (including phenoxy) is 12. The lowest BCUT2D eigenvalue weighted by Gasteiger charge is -2.22. The molecule has 0 bridgehead atoms. The lowest BCUT2D eigenvalue weighted by Crippen LogP contribution is -2.15. The third-order valence-corrected chi connectivity index (χ3v) is 9.40. The van der Waals surface area contributed by atoms with Crippen molar-refractivity contribution in [3.8, 4) is 81.1 Å². The second-order valence-electron chi connectivity index (χ2n) is 13.9. The van der Waals surface area contributed by atoms with E-state index in [4.69, 9.17) is 79.9 Å². The first-order valence-corrected chi connectivity index (χ1v) is 21.5. The van der Waals surface area contributed by atoms with Gasteiger partial charge in [0.2, 0.25) is 0 Å². The van der Waals surface area contributed by atoms with Crippen LogP contribution >= 0.6 is 0 Å². The molecule has 0 radical (unpaired) electrons. The number of benzene rings is 4. The third kappa shape index (κ3) is 17.1. The van der Waals surface area contributed by atoms with Crippen molar-refractivity contribution in [2.75, 3.05) is 145 Å². The van der Waals surface area contributed by atoms with Crippen molar-refractivity contribution in [3.63, 3.8) is 0 Å². The molecule has 1 aliphatic heterocycles. The van der Waals surface area contributed by atoms with E-state index in [9.17, 15) is 0 Å². The summed E-state index contributed by atoms with van der Waals surface area (Å²) in [5, 5.41) is 17.7. The summed E-state index contributed by atoms with van der Waals surface area (Å²) in [7, 11) is 0. The molecule has 4 aromatic carbocycles. The smallest absolute Gasteiger partial charge is 0.135 e. The van der Waals surface area contributed by atoms with E-state index in [1.54, 1.807) is 0 Å². The molecule has 1 aliphatic rings. The van der Waals surface area contributed by atoms with Gasteiger partial charge in [-0.2, -0.15) is 0 Å². The minimum atomic E-state index is -0.0243. The van der Waals surface area contributed by atoms with E-state index in [0.717, 1.165) is 22.3 Å². The fourth-order valence-electron chi connectivity index (χ4n) is 6.40. The Morgan fingerprint density at radius 2 is 0.719 bits per heavy atom. The normalized spacial score (nSPS) is 14.1. The Hall–Kier alpha value is -5.20. The molecule has 0 spiro atoms. The van der Waals surface area contributed by atoms with Crippen molar-refractivity contribution >= 4 is 0 Å². The highest BCUT2D eigenvalue weighted by atomic mass is 16.6. The van der Waals surface area contributed by atoms with Gasteiger partial charge in [0.25, 0.3) is 0 Å². The van der Waals surface area contributed by atoms with Gasteiger partial charge in [-0.1, -0.05) is 36.1 Å². The van der Waals surface area contributed by atoms with Crippen LogP contribution in [0.25, 0.3) is 33.4 Å². The predicted molar refractivity (Wildman–Crippen MR) is 241 cm³/mol. The number of hydrogen-bond acceptors (Lipinski definition) is 14. The van der Waals surface area contributed by atoms with Gasteiger partial charge >= 0.3 is 0 Å². The molecule has 0 unspecified atom stereocenters. The Bertz CT molecular complexity index is 1860. The number of fused-ring (bicyclic) bond motifs is 3. The molecule has 2 N–H and O–H groups in total. The molecule has 344 valence electrons. The standard InChI is InChI=1S/C50H60O14/c1-3-39-35-45(41-5-9-43(10-6-41)61-31-27-57-19-17-53-15-13-51)49-47(37-39)48-38-40(4-2)36-46(42-7-11-44(12-8-42)62-32-28-58-20-18-54-16-14-52)50(48)64-34-30-60-26-24-56-22-21-55-23-25-59-29-33-63-49/h1-2,5-12,35-38,51-52H,13-34H2. The molecular formula is C50H60O14. The van der Waals surface area contributed by atoms with E-state index in [-0.39, 0.29) is 39.6 Å². The average Bonchev–Trinajstić information content (AvgIpc) is 3.33. The molecule has 0 atom stereocenters. The maximum absolute atomic E-state index is 8.86. The van der Waals surface area contributed by atoms with Crippen molar-refractivity contribution in [2.24, 2.45) is 0 Å². The molecule has 0 fully saturated rings. The summed E-state index contributed by atoms with van der Waals surface area (Å²) >= 11 is 0. The van der Waals surface area contributed by atoms with E-state index in [1.165, 1.54) is 0 Å². The highest BCUT2D eigenvalue weighted by molar-refractivity contribution is 5.91. The lowest BCUT2D eigenvalue weighted by atomic mass is 9.90. The van der Waals surface area contributed by atoms with Gasteiger partial charge in [-0.05, 0) is 59.7 Å². The average molecular weight is 885 g/mol. The maximum Gasteiger partial charge on any atom is 0.135 e. The molecule has 0 saturated carbocycles. The first-order valence-electron chi connectivity index (χ1n) is 21.5. The summed E-state index contributed by atoms with van der Waals surface area (Å²) in [6.07, 6.45) is 12.3. The van der Waals surface area contributed by atoms with E-state index >= 15 is 0 Å². The molecule has 1 heterocycles. The quantitative estimate of drug-likeness (QED) is 0.0874. The van der Waals surface area contributed by atoms with Gasteiger partial charge in [-0.25, -0.2) is 0 Å². The van der Waals surface area contributed by atoms with Gasteiger partial charge in [0.05, 0.1) is 119 Å². The van der Waals surface area contributed by atoms with Crippen LogP contribution in [0.15, 0.2) is 72.8 Å². The van der Waals surface area contributed by atoms with Crippen LogP contribution in [0.5, 0.6) is 23.0 Å². The zero-order chi connectivity index (χ0) is 44.9. The highest BCUT2D eigenvalue weighted by Gasteiger charge is 2.23. The van der Waals surface area contributed by atoms with Gasteiger partial charge < -0.3 is 67.1 Å². The summed E-state index contributed by atoms with van der Waals surface area (Å²) in [6.45, 7) is 7.11.